The predicted octanol–water partition coefficient (Wildman–Crippen LogP) is 5.04. The number of nitrogen functional groups attached to an aromatic ring is 1. The molecule has 0 radical (unpaired) electrons. The van der Waals surface area contributed by atoms with Gasteiger partial charge in [0.15, 0.2) is 0 Å². The fourth-order valence-electron chi connectivity index (χ4n) is 2.91. The van der Waals surface area contributed by atoms with Crippen molar-refractivity contribution in [2.75, 3.05) is 11.1 Å². The molecule has 4 N–H and O–H groups in total. The molecule has 0 spiro atoms. The number of nitrogens with two attached hydrogens (primary N) is 1. The molecule has 0 fully saturated rings. The Hall–Kier alpha value is -3.85. The summed E-state index contributed by atoms with van der Waals surface area (Å²) in [7, 11) is 0. The third-order valence-electron chi connectivity index (χ3n) is 4.39. The molecule has 4 rings (SSSR count). The van der Waals surface area contributed by atoms with E-state index in [2.05, 4.69) is 20.3 Å². The molecule has 31 heavy (non-hydrogen) atoms. The number of H-pyrrole nitrogens is 1. The number of halogens is 4. The quantitative estimate of drug-likeness (QED) is 0.411. The largest absolute Gasteiger partial charge is 0.383 e. The smallest absolute Gasteiger partial charge is 0.259 e. The van der Waals surface area contributed by atoms with Gasteiger partial charge < -0.3 is 16.0 Å². The van der Waals surface area contributed by atoms with Crippen LogP contribution in [0.2, 0.25) is 5.02 Å². The standard InChI is InChI=1S/C21H13ClF3N5O/c22-13-2-1-3-14(24)17(13)20-29-18(19(26)30-20)10-4-7-16(27-9-10)28-21(31)12-6-5-11(23)8-15(12)25/h1-9H,26H2,(H,29,30)(H,27,28,31). The van der Waals surface area contributed by atoms with E-state index < -0.39 is 23.4 Å². The molecule has 0 aliphatic rings. The number of anilines is 2. The van der Waals surface area contributed by atoms with Crippen LogP contribution in [0.25, 0.3) is 22.6 Å². The molecule has 2 heterocycles. The van der Waals surface area contributed by atoms with E-state index >= 15 is 0 Å². The molecule has 10 heteroatoms. The summed E-state index contributed by atoms with van der Waals surface area (Å²) < 4.78 is 40.9. The molecule has 4 aromatic rings. The van der Waals surface area contributed by atoms with Crippen LogP contribution in [0.15, 0.2) is 54.7 Å². The average Bonchev–Trinajstić information content (AvgIpc) is 3.09. The maximum absolute atomic E-state index is 14.2. The van der Waals surface area contributed by atoms with Crippen molar-refractivity contribution in [3.63, 3.8) is 0 Å². The molecule has 0 saturated heterocycles. The van der Waals surface area contributed by atoms with Gasteiger partial charge in [0.05, 0.1) is 16.1 Å². The van der Waals surface area contributed by atoms with E-state index in [4.69, 9.17) is 17.3 Å². The van der Waals surface area contributed by atoms with Crippen molar-refractivity contribution in [1.82, 2.24) is 15.0 Å². The number of hydrogen-bond acceptors (Lipinski definition) is 4. The minimum atomic E-state index is -0.988. The van der Waals surface area contributed by atoms with Crippen molar-refractivity contribution >= 4 is 29.1 Å². The van der Waals surface area contributed by atoms with Crippen molar-refractivity contribution in [3.05, 3.63) is 82.8 Å². The second kappa shape index (κ2) is 8.11. The Balaban J connectivity index is 1.57. The number of aromatic nitrogens is 3. The van der Waals surface area contributed by atoms with Crippen LogP contribution in [-0.2, 0) is 0 Å². The Bertz CT molecular complexity index is 1270. The maximum atomic E-state index is 14.2. The average molecular weight is 444 g/mol. The zero-order chi connectivity index (χ0) is 22.1. The highest BCUT2D eigenvalue weighted by Crippen LogP contribution is 2.33. The minimum Gasteiger partial charge on any atom is -0.383 e. The Kier molecular flexibility index (Phi) is 5.35. The van der Waals surface area contributed by atoms with Gasteiger partial charge in [-0.25, -0.2) is 23.1 Å². The summed E-state index contributed by atoms with van der Waals surface area (Å²) >= 11 is 6.07. The molecule has 0 atom stereocenters. The van der Waals surface area contributed by atoms with Gasteiger partial charge in [-0.1, -0.05) is 17.7 Å². The first-order chi connectivity index (χ1) is 14.8. The van der Waals surface area contributed by atoms with E-state index in [1.54, 1.807) is 6.07 Å². The Labute approximate surface area is 178 Å². The lowest BCUT2D eigenvalue weighted by Gasteiger charge is -2.06. The van der Waals surface area contributed by atoms with Crippen molar-refractivity contribution < 1.29 is 18.0 Å². The van der Waals surface area contributed by atoms with E-state index in [-0.39, 0.29) is 33.6 Å². The number of imidazole rings is 1. The van der Waals surface area contributed by atoms with Gasteiger partial charge in [0.1, 0.15) is 40.6 Å². The van der Waals surface area contributed by atoms with Gasteiger partial charge in [-0.05, 0) is 36.4 Å². The number of aromatic amines is 1. The Morgan fingerprint density at radius 3 is 2.55 bits per heavy atom. The molecule has 6 nitrogen and oxygen atoms in total. The van der Waals surface area contributed by atoms with Crippen molar-refractivity contribution in [3.8, 4) is 22.6 Å². The number of benzene rings is 2. The summed E-state index contributed by atoms with van der Waals surface area (Å²) in [5.74, 6) is -2.67. The number of carbonyl (C=O) groups is 1. The van der Waals surface area contributed by atoms with Crippen molar-refractivity contribution in [1.29, 1.82) is 0 Å². The van der Waals surface area contributed by atoms with Crippen LogP contribution >= 0.6 is 11.6 Å². The lowest BCUT2D eigenvalue weighted by molar-refractivity contribution is 0.102. The monoisotopic (exact) mass is 443 g/mol. The van der Waals surface area contributed by atoms with Gasteiger partial charge >= 0.3 is 0 Å². The van der Waals surface area contributed by atoms with E-state index in [0.717, 1.165) is 12.1 Å². The third-order valence-corrected chi connectivity index (χ3v) is 4.70. The molecule has 0 aliphatic heterocycles. The van der Waals surface area contributed by atoms with Crippen LogP contribution in [-0.4, -0.2) is 20.9 Å². The number of nitrogens with one attached hydrogen (secondary N) is 2. The van der Waals surface area contributed by atoms with Crippen LogP contribution in [0.1, 0.15) is 10.4 Å². The third kappa shape index (κ3) is 4.08. The zero-order valence-electron chi connectivity index (χ0n) is 15.6. The second-order valence-electron chi connectivity index (χ2n) is 6.45. The van der Waals surface area contributed by atoms with E-state index in [9.17, 15) is 18.0 Å². The molecular formula is C21H13ClF3N5O. The van der Waals surface area contributed by atoms with Crippen LogP contribution in [0.3, 0.4) is 0 Å². The topological polar surface area (TPSA) is 96.7 Å². The van der Waals surface area contributed by atoms with Crippen LogP contribution in [0.5, 0.6) is 0 Å². The highest BCUT2D eigenvalue weighted by atomic mass is 35.5. The molecule has 1 amide bonds. The molecule has 0 unspecified atom stereocenters. The Morgan fingerprint density at radius 1 is 1.06 bits per heavy atom. The van der Waals surface area contributed by atoms with Crippen LogP contribution < -0.4 is 11.1 Å². The summed E-state index contributed by atoms with van der Waals surface area (Å²) in [6, 6.07) is 9.92. The number of nitrogens with zero attached hydrogens (tertiary/aromatic N) is 2. The second-order valence-corrected chi connectivity index (χ2v) is 6.86. The molecule has 0 saturated carbocycles. The van der Waals surface area contributed by atoms with Gasteiger partial charge in [0.2, 0.25) is 0 Å². The SMILES string of the molecule is Nc1[nH]c(-c2c(F)cccc2Cl)nc1-c1ccc(NC(=O)c2ccc(F)cc2F)nc1. The van der Waals surface area contributed by atoms with E-state index in [0.29, 0.717) is 17.3 Å². The minimum absolute atomic E-state index is 0.0836. The maximum Gasteiger partial charge on any atom is 0.259 e. The summed E-state index contributed by atoms with van der Waals surface area (Å²) in [5.41, 5.74) is 6.54. The molecule has 2 aromatic carbocycles. The van der Waals surface area contributed by atoms with Crippen LogP contribution in [0.4, 0.5) is 24.8 Å². The van der Waals surface area contributed by atoms with Gasteiger partial charge in [0, 0.05) is 17.8 Å². The van der Waals surface area contributed by atoms with Crippen molar-refractivity contribution in [2.24, 2.45) is 0 Å². The summed E-state index contributed by atoms with van der Waals surface area (Å²) in [4.78, 5) is 23.4. The predicted molar refractivity (Wildman–Crippen MR) is 111 cm³/mol. The first kappa shape index (κ1) is 20.4. The van der Waals surface area contributed by atoms with E-state index in [1.165, 1.54) is 30.5 Å². The lowest BCUT2D eigenvalue weighted by atomic mass is 10.2. The fourth-order valence-corrected chi connectivity index (χ4v) is 3.17. The number of hydrogen-bond donors (Lipinski definition) is 3. The highest BCUT2D eigenvalue weighted by molar-refractivity contribution is 6.33. The Morgan fingerprint density at radius 2 is 1.87 bits per heavy atom. The van der Waals surface area contributed by atoms with Gasteiger partial charge in [-0.3, -0.25) is 4.79 Å². The van der Waals surface area contributed by atoms with Crippen LogP contribution in [0, 0.1) is 17.5 Å². The normalized spacial score (nSPS) is 10.8. The van der Waals surface area contributed by atoms with E-state index in [1.807, 2.05) is 0 Å². The number of carbonyl (C=O) groups excluding carboxylic acids is 1. The molecule has 0 aliphatic carbocycles. The van der Waals surface area contributed by atoms with Gasteiger partial charge in [-0.15, -0.1) is 0 Å². The number of pyridine rings is 1. The lowest BCUT2D eigenvalue weighted by Crippen LogP contribution is -2.14. The van der Waals surface area contributed by atoms with Crippen molar-refractivity contribution in [2.45, 2.75) is 0 Å². The summed E-state index contributed by atoms with van der Waals surface area (Å²) in [6.45, 7) is 0. The zero-order valence-corrected chi connectivity index (χ0v) is 16.3. The van der Waals surface area contributed by atoms with Gasteiger partial charge in [0.25, 0.3) is 5.91 Å². The molecular weight excluding hydrogens is 431 g/mol. The molecule has 0 bridgehead atoms. The highest BCUT2D eigenvalue weighted by Gasteiger charge is 2.18. The summed E-state index contributed by atoms with van der Waals surface area (Å²) in [6.07, 6.45) is 1.38. The number of rotatable bonds is 4. The molecule has 156 valence electrons. The number of amides is 1. The first-order valence-electron chi connectivity index (χ1n) is 8.86. The molecule has 2 aromatic heterocycles. The van der Waals surface area contributed by atoms with Gasteiger partial charge in [-0.2, -0.15) is 0 Å². The fraction of sp³-hybridized carbons (Fsp3) is 0. The summed E-state index contributed by atoms with van der Waals surface area (Å²) in [5, 5.41) is 2.59. The first-order valence-corrected chi connectivity index (χ1v) is 9.24.